The Balaban J connectivity index is 1.81. The normalized spacial score (nSPS) is 20.2. The second-order valence-electron chi connectivity index (χ2n) is 6.90. The maximum absolute atomic E-state index is 4.48. The van der Waals surface area contributed by atoms with E-state index in [2.05, 4.69) is 48.1 Å². The first-order chi connectivity index (χ1) is 9.54. The number of benzene rings is 1. The highest BCUT2D eigenvalue weighted by Gasteiger charge is 2.41. The van der Waals surface area contributed by atoms with E-state index >= 15 is 0 Å². The molecule has 0 saturated heterocycles. The van der Waals surface area contributed by atoms with E-state index in [4.69, 9.17) is 0 Å². The van der Waals surface area contributed by atoms with Gasteiger partial charge < -0.3 is 9.47 Å². The number of hydrogen-bond donors (Lipinski definition) is 0. The molecule has 0 radical (unpaired) electrons. The summed E-state index contributed by atoms with van der Waals surface area (Å²) in [7, 11) is 2.02. The van der Waals surface area contributed by atoms with Gasteiger partial charge in [-0.15, -0.1) is 0 Å². The lowest BCUT2D eigenvalue weighted by atomic mass is 9.86. The minimum Gasteiger partial charge on any atom is -0.367 e. The lowest BCUT2D eigenvalue weighted by molar-refractivity contribution is 0.549. The van der Waals surface area contributed by atoms with Crippen LogP contribution in [0.15, 0.2) is 30.7 Å². The average molecular weight is 267 g/mol. The van der Waals surface area contributed by atoms with Crippen LogP contribution in [0.3, 0.4) is 0 Å². The molecule has 0 spiro atoms. The molecule has 20 heavy (non-hydrogen) atoms. The summed E-state index contributed by atoms with van der Waals surface area (Å²) in [6.45, 7) is 5.86. The van der Waals surface area contributed by atoms with Gasteiger partial charge >= 0.3 is 0 Å². The summed E-state index contributed by atoms with van der Waals surface area (Å²) in [5.74, 6) is 0. The molecule has 1 aliphatic carbocycles. The van der Waals surface area contributed by atoms with E-state index in [0.717, 1.165) is 18.3 Å². The van der Waals surface area contributed by atoms with Crippen molar-refractivity contribution >= 4 is 5.69 Å². The van der Waals surface area contributed by atoms with Crippen LogP contribution in [0, 0.1) is 0 Å². The van der Waals surface area contributed by atoms with Crippen LogP contribution in [0.25, 0.3) is 11.3 Å². The summed E-state index contributed by atoms with van der Waals surface area (Å²) in [4.78, 5) is 7.09. The van der Waals surface area contributed by atoms with Crippen molar-refractivity contribution in [3.05, 3.63) is 36.3 Å². The lowest BCUT2D eigenvalue weighted by Gasteiger charge is -2.22. The van der Waals surface area contributed by atoms with Gasteiger partial charge in [0.1, 0.15) is 0 Å². The standard InChI is InChI=1S/C17H21N3/c1-17(2)10-20(13-5-6-13)16-8-12(4-7-14(16)17)15-9-19(3)11-18-15/h4,7-9,11,13H,5-6,10H2,1-3H3. The molecule has 4 rings (SSSR count). The number of anilines is 1. The molecule has 3 nitrogen and oxygen atoms in total. The van der Waals surface area contributed by atoms with Gasteiger partial charge in [-0.1, -0.05) is 26.0 Å². The molecule has 1 aromatic heterocycles. The van der Waals surface area contributed by atoms with Crippen LogP contribution in [0.1, 0.15) is 32.3 Å². The van der Waals surface area contributed by atoms with Gasteiger partial charge in [0.15, 0.2) is 0 Å². The summed E-state index contributed by atoms with van der Waals surface area (Å²) >= 11 is 0. The Morgan fingerprint density at radius 2 is 2.05 bits per heavy atom. The van der Waals surface area contributed by atoms with Crippen molar-refractivity contribution in [3.8, 4) is 11.3 Å². The number of nitrogens with zero attached hydrogens (tertiary/aromatic N) is 3. The minimum absolute atomic E-state index is 0.264. The molecule has 0 amide bonds. The Morgan fingerprint density at radius 1 is 1.25 bits per heavy atom. The van der Waals surface area contributed by atoms with Crippen LogP contribution in [0.5, 0.6) is 0 Å². The van der Waals surface area contributed by atoms with Crippen LogP contribution in [-0.4, -0.2) is 22.1 Å². The molecule has 2 aromatic rings. The quantitative estimate of drug-likeness (QED) is 0.832. The highest BCUT2D eigenvalue weighted by molar-refractivity contribution is 5.72. The predicted octanol–water partition coefficient (Wildman–Crippen LogP) is 3.35. The third-order valence-electron chi connectivity index (χ3n) is 4.59. The highest BCUT2D eigenvalue weighted by atomic mass is 15.2. The van der Waals surface area contributed by atoms with Gasteiger partial charge in [-0.25, -0.2) is 4.98 Å². The smallest absolute Gasteiger partial charge is 0.0951 e. The number of fused-ring (bicyclic) bond motifs is 1. The van der Waals surface area contributed by atoms with Crippen molar-refractivity contribution in [1.29, 1.82) is 0 Å². The molecule has 1 saturated carbocycles. The zero-order valence-corrected chi connectivity index (χ0v) is 12.4. The summed E-state index contributed by atoms with van der Waals surface area (Å²) in [6, 6.07) is 7.64. The van der Waals surface area contributed by atoms with Crippen molar-refractivity contribution in [1.82, 2.24) is 9.55 Å². The molecular weight excluding hydrogens is 246 g/mol. The van der Waals surface area contributed by atoms with Crippen LogP contribution in [-0.2, 0) is 12.5 Å². The maximum atomic E-state index is 4.48. The number of aryl methyl sites for hydroxylation is 1. The molecular formula is C17H21N3. The number of hydrogen-bond acceptors (Lipinski definition) is 2. The van der Waals surface area contributed by atoms with Crippen molar-refractivity contribution in [2.75, 3.05) is 11.4 Å². The SMILES string of the molecule is Cn1cnc(-c2ccc3c(c2)N(C2CC2)CC3(C)C)c1. The topological polar surface area (TPSA) is 21.1 Å². The maximum Gasteiger partial charge on any atom is 0.0951 e. The summed E-state index contributed by atoms with van der Waals surface area (Å²) in [5, 5.41) is 0. The molecule has 104 valence electrons. The van der Waals surface area contributed by atoms with Gasteiger partial charge in [0.05, 0.1) is 12.0 Å². The molecule has 0 atom stereocenters. The van der Waals surface area contributed by atoms with Crippen molar-refractivity contribution in [2.45, 2.75) is 38.1 Å². The Labute approximate surface area is 120 Å². The average Bonchev–Trinajstić information content (AvgIpc) is 3.11. The van der Waals surface area contributed by atoms with Crippen molar-refractivity contribution in [3.63, 3.8) is 0 Å². The second kappa shape index (κ2) is 3.87. The number of rotatable bonds is 2. The fourth-order valence-electron chi connectivity index (χ4n) is 3.37. The largest absolute Gasteiger partial charge is 0.367 e. The Bertz CT molecular complexity index is 665. The van der Waals surface area contributed by atoms with Crippen molar-refractivity contribution in [2.24, 2.45) is 7.05 Å². The van der Waals surface area contributed by atoms with E-state index in [1.807, 2.05) is 17.9 Å². The van der Waals surface area contributed by atoms with E-state index in [-0.39, 0.29) is 5.41 Å². The number of imidazole rings is 1. The zero-order chi connectivity index (χ0) is 13.9. The summed E-state index contributed by atoms with van der Waals surface area (Å²) in [5.41, 5.74) is 5.48. The monoisotopic (exact) mass is 267 g/mol. The van der Waals surface area contributed by atoms with E-state index in [9.17, 15) is 0 Å². The second-order valence-corrected chi connectivity index (χ2v) is 6.90. The molecule has 0 bridgehead atoms. The third-order valence-corrected chi connectivity index (χ3v) is 4.59. The lowest BCUT2D eigenvalue weighted by Crippen LogP contribution is -2.30. The fraction of sp³-hybridized carbons (Fsp3) is 0.471. The molecule has 1 fully saturated rings. The Morgan fingerprint density at radius 3 is 2.70 bits per heavy atom. The highest BCUT2D eigenvalue weighted by Crippen LogP contribution is 2.46. The van der Waals surface area contributed by atoms with E-state index < -0.39 is 0 Å². The molecule has 3 heteroatoms. The van der Waals surface area contributed by atoms with Gasteiger partial charge in [-0.2, -0.15) is 0 Å². The van der Waals surface area contributed by atoms with Gasteiger partial charge in [0.25, 0.3) is 0 Å². The Kier molecular flexibility index (Phi) is 2.33. The fourth-order valence-corrected chi connectivity index (χ4v) is 3.37. The molecule has 0 unspecified atom stereocenters. The van der Waals surface area contributed by atoms with E-state index in [1.54, 1.807) is 0 Å². The zero-order valence-electron chi connectivity index (χ0n) is 12.4. The van der Waals surface area contributed by atoms with E-state index in [0.29, 0.717) is 0 Å². The molecule has 1 aliphatic heterocycles. The van der Waals surface area contributed by atoms with Crippen LogP contribution < -0.4 is 4.90 Å². The first-order valence-corrected chi connectivity index (χ1v) is 7.44. The van der Waals surface area contributed by atoms with Crippen LogP contribution >= 0.6 is 0 Å². The van der Waals surface area contributed by atoms with Gasteiger partial charge in [0.2, 0.25) is 0 Å². The van der Waals surface area contributed by atoms with Gasteiger partial charge in [-0.3, -0.25) is 0 Å². The first kappa shape index (κ1) is 12.0. The number of aromatic nitrogens is 2. The van der Waals surface area contributed by atoms with Gasteiger partial charge in [-0.05, 0) is 24.5 Å². The first-order valence-electron chi connectivity index (χ1n) is 7.44. The molecule has 1 aromatic carbocycles. The van der Waals surface area contributed by atoms with Crippen LogP contribution in [0.2, 0.25) is 0 Å². The Hall–Kier alpha value is -1.77. The molecule has 2 aliphatic rings. The molecule has 2 heterocycles. The third kappa shape index (κ3) is 1.76. The van der Waals surface area contributed by atoms with Crippen molar-refractivity contribution < 1.29 is 0 Å². The predicted molar refractivity (Wildman–Crippen MR) is 82.0 cm³/mol. The summed E-state index contributed by atoms with van der Waals surface area (Å²) in [6.07, 6.45) is 6.65. The van der Waals surface area contributed by atoms with E-state index in [1.165, 1.54) is 29.7 Å². The van der Waals surface area contributed by atoms with Gasteiger partial charge in [0, 0.05) is 42.5 Å². The molecule has 0 N–H and O–H groups in total. The summed E-state index contributed by atoms with van der Waals surface area (Å²) < 4.78 is 2.01. The van der Waals surface area contributed by atoms with Crippen LogP contribution in [0.4, 0.5) is 5.69 Å². The minimum atomic E-state index is 0.264.